The number of halogens is 1. The topological polar surface area (TPSA) is 108 Å². The van der Waals surface area contributed by atoms with Gasteiger partial charge in [0.1, 0.15) is 17.7 Å². The molecule has 0 unspecified atom stereocenters. The molecule has 1 saturated heterocycles. The van der Waals surface area contributed by atoms with Crippen molar-refractivity contribution in [1.29, 1.82) is 0 Å². The summed E-state index contributed by atoms with van der Waals surface area (Å²) in [6.07, 6.45) is 11.1. The van der Waals surface area contributed by atoms with E-state index in [1.807, 2.05) is 41.8 Å². The van der Waals surface area contributed by atoms with Gasteiger partial charge in [0, 0.05) is 55.9 Å². The maximum absolute atomic E-state index is 13.3. The van der Waals surface area contributed by atoms with Crippen LogP contribution in [-0.4, -0.2) is 55.8 Å². The fourth-order valence-corrected chi connectivity index (χ4v) is 4.76. The van der Waals surface area contributed by atoms with Crippen molar-refractivity contribution in [3.05, 3.63) is 84.6 Å². The summed E-state index contributed by atoms with van der Waals surface area (Å²) in [4.78, 5) is 18.3. The van der Waals surface area contributed by atoms with Crippen LogP contribution in [0, 0.1) is 5.82 Å². The van der Waals surface area contributed by atoms with Gasteiger partial charge in [-0.2, -0.15) is 10.2 Å². The number of rotatable bonds is 5. The molecule has 1 atom stereocenters. The van der Waals surface area contributed by atoms with Crippen LogP contribution >= 0.6 is 0 Å². The van der Waals surface area contributed by atoms with Gasteiger partial charge < -0.3 is 15.5 Å². The second-order valence-electron chi connectivity index (χ2n) is 9.57. The molecule has 10 nitrogen and oxygen atoms in total. The molecule has 0 aliphatic carbocycles. The number of piperazine rings is 1. The predicted molar refractivity (Wildman–Crippen MR) is 137 cm³/mol. The van der Waals surface area contributed by atoms with Crippen molar-refractivity contribution in [3.63, 3.8) is 0 Å². The highest BCUT2D eigenvalue weighted by atomic mass is 19.1. The molecule has 1 aliphatic rings. The molecule has 0 radical (unpaired) electrons. The number of hydrogen-bond donors (Lipinski definition) is 2. The van der Waals surface area contributed by atoms with Crippen molar-refractivity contribution in [2.45, 2.75) is 12.5 Å². The van der Waals surface area contributed by atoms with E-state index in [9.17, 15) is 4.39 Å². The van der Waals surface area contributed by atoms with Crippen molar-refractivity contribution in [3.8, 4) is 11.1 Å². The molecule has 6 rings (SSSR count). The van der Waals surface area contributed by atoms with E-state index in [1.54, 1.807) is 30.9 Å². The zero-order chi connectivity index (χ0) is 25.6. The van der Waals surface area contributed by atoms with Gasteiger partial charge in [-0.15, -0.1) is 4.68 Å². The third-order valence-electron chi connectivity index (χ3n) is 7.02. The van der Waals surface area contributed by atoms with E-state index in [4.69, 9.17) is 5.73 Å². The number of nitrogens with one attached hydrogen (secondary N) is 1. The van der Waals surface area contributed by atoms with E-state index in [1.165, 1.54) is 12.1 Å². The van der Waals surface area contributed by atoms with Crippen molar-refractivity contribution in [2.24, 2.45) is 12.8 Å². The van der Waals surface area contributed by atoms with E-state index in [0.29, 0.717) is 5.95 Å². The first-order valence-electron chi connectivity index (χ1n) is 12.1. The Balaban J connectivity index is 1.17. The molecule has 0 amide bonds. The lowest BCUT2D eigenvalue weighted by molar-refractivity contribution is -0.726. The second kappa shape index (κ2) is 8.93. The summed E-state index contributed by atoms with van der Waals surface area (Å²) < 4.78 is 17.1. The van der Waals surface area contributed by atoms with Crippen molar-refractivity contribution < 1.29 is 9.07 Å². The molecule has 37 heavy (non-hydrogen) atoms. The third kappa shape index (κ3) is 4.27. The standard InChI is InChI=1S/C26H27FN10/c1-26(28,20-3-5-22(27)6-4-20)21-13-29-25(30-14-21)36-9-7-35(8-10-36)24-23-11-18(16-37(23)33-17-31-24)19-12-32-34(2)15-19/h3-6,11-17H,7-10,28H2,1-2H3/p+1/t26-/m1/s1. The van der Waals surface area contributed by atoms with Crippen LogP contribution in [0.15, 0.2) is 67.6 Å². The Kier molecular flexibility index (Phi) is 5.56. The molecule has 4 aromatic heterocycles. The van der Waals surface area contributed by atoms with Gasteiger partial charge in [0.2, 0.25) is 12.1 Å². The smallest absolute Gasteiger partial charge is 0.225 e. The highest BCUT2D eigenvalue weighted by Crippen LogP contribution is 2.28. The molecule has 188 valence electrons. The number of H-pyrrole nitrogens is 1. The van der Waals surface area contributed by atoms with Crippen LogP contribution in [0.25, 0.3) is 16.6 Å². The van der Waals surface area contributed by atoms with Crippen LogP contribution in [0.4, 0.5) is 16.2 Å². The molecule has 5 heterocycles. The number of anilines is 2. The number of aromatic nitrogens is 7. The van der Waals surface area contributed by atoms with Crippen LogP contribution in [0.3, 0.4) is 0 Å². The van der Waals surface area contributed by atoms with Crippen LogP contribution in [0.1, 0.15) is 18.1 Å². The first-order chi connectivity index (χ1) is 17.9. The monoisotopic (exact) mass is 499 g/mol. The normalized spacial score (nSPS) is 15.8. The minimum absolute atomic E-state index is 0.291. The van der Waals surface area contributed by atoms with Crippen LogP contribution in [0.5, 0.6) is 0 Å². The van der Waals surface area contributed by atoms with E-state index in [2.05, 4.69) is 41.0 Å². The Morgan fingerprint density at radius 2 is 1.68 bits per heavy atom. The summed E-state index contributed by atoms with van der Waals surface area (Å²) in [5.41, 5.74) is 10.5. The minimum Gasteiger partial charge on any atom is -0.351 e. The number of nitrogens with zero attached hydrogens (tertiary/aromatic N) is 8. The average molecular weight is 500 g/mol. The molecule has 0 spiro atoms. The first kappa shape index (κ1) is 23.0. The van der Waals surface area contributed by atoms with E-state index < -0.39 is 5.54 Å². The fourth-order valence-electron chi connectivity index (χ4n) is 4.76. The van der Waals surface area contributed by atoms with Gasteiger partial charge in [-0.25, -0.2) is 23.9 Å². The van der Waals surface area contributed by atoms with Crippen LogP contribution < -0.4 is 20.2 Å². The van der Waals surface area contributed by atoms with Crippen molar-refractivity contribution in [2.75, 3.05) is 36.0 Å². The van der Waals surface area contributed by atoms with Gasteiger partial charge in [-0.05, 0) is 30.7 Å². The number of nitrogens with two attached hydrogens (primary N) is 1. The first-order valence-corrected chi connectivity index (χ1v) is 12.1. The van der Waals surface area contributed by atoms with Gasteiger partial charge in [0.15, 0.2) is 12.9 Å². The predicted octanol–water partition coefficient (Wildman–Crippen LogP) is 2.03. The molecule has 5 aromatic rings. The fraction of sp³-hybridized carbons (Fsp3) is 0.269. The number of aryl methyl sites for hydroxylation is 1. The molecule has 1 aromatic carbocycles. The largest absolute Gasteiger partial charge is 0.351 e. The zero-order valence-corrected chi connectivity index (χ0v) is 20.7. The van der Waals surface area contributed by atoms with Gasteiger partial charge in [0.05, 0.1) is 17.3 Å². The maximum Gasteiger partial charge on any atom is 0.225 e. The molecule has 0 bridgehead atoms. The molecular formula is C26H28FN10+. The summed E-state index contributed by atoms with van der Waals surface area (Å²) in [5, 5.41) is 7.56. The van der Waals surface area contributed by atoms with Crippen molar-refractivity contribution >= 4 is 17.3 Å². The van der Waals surface area contributed by atoms with E-state index >= 15 is 0 Å². The highest BCUT2D eigenvalue weighted by Gasteiger charge is 2.26. The van der Waals surface area contributed by atoms with Crippen molar-refractivity contribution in [1.82, 2.24) is 29.7 Å². The van der Waals surface area contributed by atoms with Crippen LogP contribution in [-0.2, 0) is 12.6 Å². The number of benzene rings is 1. The number of aromatic amines is 1. The Morgan fingerprint density at radius 1 is 0.973 bits per heavy atom. The summed E-state index contributed by atoms with van der Waals surface area (Å²) >= 11 is 0. The Morgan fingerprint density at radius 3 is 2.35 bits per heavy atom. The molecular weight excluding hydrogens is 471 g/mol. The Hall–Kier alpha value is -4.38. The quantitative estimate of drug-likeness (QED) is 0.356. The van der Waals surface area contributed by atoms with E-state index in [-0.39, 0.29) is 5.82 Å². The number of fused-ring (bicyclic) bond motifs is 1. The lowest BCUT2D eigenvalue weighted by atomic mass is 9.87. The second-order valence-corrected chi connectivity index (χ2v) is 9.57. The summed E-state index contributed by atoms with van der Waals surface area (Å²) in [6.45, 7) is 4.95. The Bertz CT molecular complexity index is 1530. The van der Waals surface area contributed by atoms with Gasteiger partial charge >= 0.3 is 0 Å². The molecule has 11 heteroatoms. The number of hydrogen-bond acceptors (Lipinski definition) is 7. The minimum atomic E-state index is -0.822. The van der Waals surface area contributed by atoms with E-state index in [0.717, 1.165) is 59.8 Å². The summed E-state index contributed by atoms with van der Waals surface area (Å²) in [5.74, 6) is 1.28. The molecule has 1 aliphatic heterocycles. The highest BCUT2D eigenvalue weighted by molar-refractivity contribution is 5.77. The molecule has 3 N–H and O–H groups in total. The molecule has 0 saturated carbocycles. The Labute approximate surface area is 213 Å². The third-order valence-corrected chi connectivity index (χ3v) is 7.02. The zero-order valence-electron chi connectivity index (χ0n) is 20.7. The lowest BCUT2D eigenvalue weighted by Crippen LogP contribution is -2.47. The summed E-state index contributed by atoms with van der Waals surface area (Å²) in [7, 11) is 1.96. The van der Waals surface area contributed by atoms with Gasteiger partial charge in [0.25, 0.3) is 0 Å². The van der Waals surface area contributed by atoms with Gasteiger partial charge in [-0.1, -0.05) is 12.1 Å². The van der Waals surface area contributed by atoms with Gasteiger partial charge in [-0.3, -0.25) is 0 Å². The van der Waals surface area contributed by atoms with Crippen LogP contribution in [0.2, 0.25) is 0 Å². The lowest BCUT2D eigenvalue weighted by Gasteiger charge is -2.35. The maximum atomic E-state index is 13.3. The SMILES string of the molecule is C[n+]1cc(-c2cc3c(N4CCN(c5ncc([C@](C)(N)c6ccc(F)cc6)cn5)CC4)ncnn3c2)c[nH]1. The molecule has 1 fully saturated rings. The summed E-state index contributed by atoms with van der Waals surface area (Å²) in [6, 6.07) is 8.33. The average Bonchev–Trinajstić information content (AvgIpc) is 3.55.